The van der Waals surface area contributed by atoms with Crippen LogP contribution in [0.3, 0.4) is 0 Å². The molecule has 3 amide bonds. The van der Waals surface area contributed by atoms with Crippen LogP contribution in [0.4, 0.5) is 11.4 Å². The lowest BCUT2D eigenvalue weighted by molar-refractivity contribution is -0.136. The Morgan fingerprint density at radius 3 is 2.10 bits per heavy atom. The van der Waals surface area contributed by atoms with Gasteiger partial charge in [-0.05, 0) is 60.7 Å². The van der Waals surface area contributed by atoms with Crippen LogP contribution in [-0.4, -0.2) is 33.7 Å². The van der Waals surface area contributed by atoms with E-state index in [9.17, 15) is 14.4 Å². The second-order valence-electron chi connectivity index (χ2n) is 8.88. The van der Waals surface area contributed by atoms with Crippen LogP contribution < -0.4 is 16.1 Å². The number of carbonyl (C=O) groups is 3. The Balaban J connectivity index is 1.29. The average molecular weight is 686 g/mol. The predicted molar refractivity (Wildman–Crippen MR) is 170 cm³/mol. The first-order chi connectivity index (χ1) is 20.4. The quantitative estimate of drug-likeness (QED) is 0.104. The van der Waals surface area contributed by atoms with E-state index in [1.165, 1.54) is 12.3 Å². The highest BCUT2D eigenvalue weighted by Gasteiger charge is 2.18. The number of nitrogens with one attached hydrogen (secondary N) is 3. The monoisotopic (exact) mass is 684 g/mol. The van der Waals surface area contributed by atoms with Crippen molar-refractivity contribution in [2.24, 2.45) is 5.10 Å². The molecule has 0 aliphatic heterocycles. The van der Waals surface area contributed by atoms with Gasteiger partial charge in [0.15, 0.2) is 0 Å². The van der Waals surface area contributed by atoms with E-state index in [2.05, 4.69) is 53.0 Å². The van der Waals surface area contributed by atoms with Gasteiger partial charge in [0.05, 0.1) is 23.2 Å². The van der Waals surface area contributed by atoms with Crippen molar-refractivity contribution in [2.45, 2.75) is 0 Å². The third-order valence-electron chi connectivity index (χ3n) is 5.98. The molecule has 0 unspecified atom stereocenters. The second-order valence-corrected chi connectivity index (χ2v) is 10.7. The molecule has 0 bridgehead atoms. The molecule has 0 saturated carbocycles. The van der Waals surface area contributed by atoms with Gasteiger partial charge in [0.25, 0.3) is 5.91 Å². The first-order valence-electron chi connectivity index (χ1n) is 12.6. The molecule has 0 radical (unpaired) electrons. The number of carbonyl (C=O) groups excluding carboxylic acids is 3. The van der Waals surface area contributed by atoms with Gasteiger partial charge < -0.3 is 10.6 Å². The number of anilines is 2. The molecule has 5 rings (SSSR count). The smallest absolute Gasteiger partial charge is 0.322 e. The molecule has 0 aliphatic rings. The molecule has 9 nitrogen and oxygen atoms in total. The Bertz CT molecular complexity index is 1770. The molecule has 1 aromatic heterocycles. The number of amides is 3. The van der Waals surface area contributed by atoms with Crippen molar-refractivity contribution < 1.29 is 14.4 Å². The third kappa shape index (κ3) is 7.06. The Labute approximate surface area is 257 Å². The zero-order chi connectivity index (χ0) is 29.5. The zero-order valence-electron chi connectivity index (χ0n) is 21.8. The number of hydrogen-bond donors (Lipinski definition) is 3. The summed E-state index contributed by atoms with van der Waals surface area (Å²) in [4.78, 5) is 38.1. The van der Waals surface area contributed by atoms with Gasteiger partial charge in [0.1, 0.15) is 5.69 Å². The van der Waals surface area contributed by atoms with Crippen LogP contribution in [0.1, 0.15) is 15.9 Å². The lowest BCUT2D eigenvalue weighted by Crippen LogP contribution is -2.33. The Hall–Kier alpha value is -4.87. The number of hydrazone groups is 1. The van der Waals surface area contributed by atoms with Gasteiger partial charge in [-0.2, -0.15) is 10.2 Å². The first kappa shape index (κ1) is 28.7. The molecular formula is C31H22Br2N6O3. The summed E-state index contributed by atoms with van der Waals surface area (Å²) in [6.07, 6.45) is 3.21. The highest BCUT2D eigenvalue weighted by molar-refractivity contribution is 9.10. The lowest BCUT2D eigenvalue weighted by atomic mass is 10.1. The Kier molecular flexibility index (Phi) is 9.00. The summed E-state index contributed by atoms with van der Waals surface area (Å²) < 4.78 is 3.51. The fourth-order valence-corrected chi connectivity index (χ4v) is 4.47. The van der Waals surface area contributed by atoms with Crippen molar-refractivity contribution in [3.8, 4) is 16.9 Å². The molecule has 0 atom stereocenters. The van der Waals surface area contributed by atoms with Crippen LogP contribution in [-0.2, 0) is 9.59 Å². The minimum absolute atomic E-state index is 0.179. The van der Waals surface area contributed by atoms with Crippen LogP contribution in [0.25, 0.3) is 16.9 Å². The number of halogens is 2. The summed E-state index contributed by atoms with van der Waals surface area (Å²) in [5.74, 6) is -2.43. The molecule has 0 saturated heterocycles. The van der Waals surface area contributed by atoms with Crippen molar-refractivity contribution in [3.63, 3.8) is 0 Å². The fraction of sp³-hybridized carbons (Fsp3) is 0. The maximum Gasteiger partial charge on any atom is 0.329 e. The van der Waals surface area contributed by atoms with E-state index in [1.807, 2.05) is 54.6 Å². The van der Waals surface area contributed by atoms with Gasteiger partial charge in [-0.15, -0.1) is 0 Å². The van der Waals surface area contributed by atoms with Crippen molar-refractivity contribution in [3.05, 3.63) is 129 Å². The number of nitrogens with zero attached hydrogens (tertiary/aromatic N) is 3. The van der Waals surface area contributed by atoms with E-state index in [1.54, 1.807) is 53.3 Å². The normalized spacial score (nSPS) is 10.8. The topological polar surface area (TPSA) is 117 Å². The van der Waals surface area contributed by atoms with E-state index in [-0.39, 0.29) is 11.3 Å². The summed E-state index contributed by atoms with van der Waals surface area (Å²) >= 11 is 6.80. The fourth-order valence-electron chi connectivity index (χ4n) is 3.94. The average Bonchev–Trinajstić information content (AvgIpc) is 3.43. The highest BCUT2D eigenvalue weighted by atomic mass is 79.9. The van der Waals surface area contributed by atoms with E-state index < -0.39 is 17.7 Å². The maximum absolute atomic E-state index is 12.9. The summed E-state index contributed by atoms with van der Waals surface area (Å²) in [6, 6.07) is 30.7. The van der Waals surface area contributed by atoms with Crippen LogP contribution in [0, 0.1) is 0 Å². The van der Waals surface area contributed by atoms with Crippen LogP contribution in [0.2, 0.25) is 0 Å². The number of para-hydroxylation sites is 2. The molecule has 3 N–H and O–H groups in total. The number of rotatable bonds is 7. The van der Waals surface area contributed by atoms with Crippen molar-refractivity contribution >= 4 is 67.2 Å². The van der Waals surface area contributed by atoms with E-state index in [4.69, 9.17) is 5.10 Å². The highest BCUT2D eigenvalue weighted by Crippen LogP contribution is 2.25. The largest absolute Gasteiger partial charge is 0.329 e. The van der Waals surface area contributed by atoms with Crippen LogP contribution in [0.15, 0.2) is 123 Å². The molecule has 0 fully saturated rings. The zero-order valence-corrected chi connectivity index (χ0v) is 25.0. The number of hydrogen-bond acceptors (Lipinski definition) is 5. The molecule has 0 aliphatic carbocycles. The molecule has 4 aromatic carbocycles. The molecule has 1 heterocycles. The molecule has 208 valence electrons. The van der Waals surface area contributed by atoms with Crippen molar-refractivity contribution in [1.29, 1.82) is 0 Å². The van der Waals surface area contributed by atoms with Crippen LogP contribution in [0.5, 0.6) is 0 Å². The molecule has 42 heavy (non-hydrogen) atoms. The standard InChI is InChI=1S/C31H22Br2N6O3/c32-22-12-10-20(11-13-22)28-21(19-39(38-28)25-6-2-1-3-7-25)18-34-37-31(42)30(41)36-27-9-5-4-8-26(27)29(40)35-24-16-14-23(33)15-17-24/h1-19H,(H,35,40)(H,36,41)(H,37,42)/b34-18+. The van der Waals surface area contributed by atoms with Gasteiger partial charge in [0, 0.05) is 32.0 Å². The summed E-state index contributed by atoms with van der Waals surface area (Å²) in [5, 5.41) is 14.0. The lowest BCUT2D eigenvalue weighted by Gasteiger charge is -2.11. The van der Waals surface area contributed by atoms with Gasteiger partial charge >= 0.3 is 11.8 Å². The predicted octanol–water partition coefficient (Wildman–Crippen LogP) is 6.41. The van der Waals surface area contributed by atoms with Gasteiger partial charge in [0.2, 0.25) is 0 Å². The third-order valence-corrected chi connectivity index (χ3v) is 7.04. The summed E-state index contributed by atoms with van der Waals surface area (Å²) in [7, 11) is 0. The van der Waals surface area contributed by atoms with Crippen molar-refractivity contribution in [2.75, 3.05) is 10.6 Å². The molecule has 5 aromatic rings. The van der Waals surface area contributed by atoms with E-state index in [0.717, 1.165) is 20.2 Å². The van der Waals surface area contributed by atoms with Gasteiger partial charge in [-0.3, -0.25) is 14.4 Å². The van der Waals surface area contributed by atoms with Gasteiger partial charge in [-0.25, -0.2) is 10.1 Å². The van der Waals surface area contributed by atoms with E-state index >= 15 is 0 Å². The molecular weight excluding hydrogens is 664 g/mol. The summed E-state index contributed by atoms with van der Waals surface area (Å²) in [5.41, 5.74) is 6.15. The van der Waals surface area contributed by atoms with Crippen molar-refractivity contribution in [1.82, 2.24) is 15.2 Å². The molecule has 0 spiro atoms. The second kappa shape index (κ2) is 13.2. The number of aromatic nitrogens is 2. The summed E-state index contributed by atoms with van der Waals surface area (Å²) in [6.45, 7) is 0. The SMILES string of the molecule is O=C(N/N=C/c1cn(-c2ccccc2)nc1-c1ccc(Br)cc1)C(=O)Nc1ccccc1C(=O)Nc1ccc(Br)cc1. The minimum Gasteiger partial charge on any atom is -0.322 e. The minimum atomic E-state index is -1.00. The number of benzene rings is 4. The first-order valence-corrected chi connectivity index (χ1v) is 14.2. The maximum atomic E-state index is 12.9. The van der Waals surface area contributed by atoms with Gasteiger partial charge in [-0.1, -0.05) is 74.3 Å². The Morgan fingerprint density at radius 1 is 0.738 bits per heavy atom. The Morgan fingerprint density at radius 2 is 1.38 bits per heavy atom. The molecule has 11 heteroatoms. The van der Waals surface area contributed by atoms with E-state index in [0.29, 0.717) is 16.9 Å². The van der Waals surface area contributed by atoms with Crippen LogP contribution >= 0.6 is 31.9 Å².